The van der Waals surface area contributed by atoms with Gasteiger partial charge in [-0.3, -0.25) is 0 Å². The van der Waals surface area contributed by atoms with Crippen molar-refractivity contribution in [3.63, 3.8) is 0 Å². The number of pyridine rings is 1. The molecule has 0 radical (unpaired) electrons. The highest BCUT2D eigenvalue weighted by Gasteiger charge is 2.16. The molecule has 0 unspecified atom stereocenters. The zero-order chi connectivity index (χ0) is 19.7. The van der Waals surface area contributed by atoms with Gasteiger partial charge < -0.3 is 9.15 Å². The molecule has 0 aliphatic rings. The van der Waals surface area contributed by atoms with Crippen molar-refractivity contribution >= 4 is 16.9 Å². The van der Waals surface area contributed by atoms with E-state index in [9.17, 15) is 4.79 Å². The second kappa shape index (κ2) is 7.27. The average molecular weight is 372 g/mol. The predicted molar refractivity (Wildman–Crippen MR) is 107 cm³/mol. The molecule has 0 bridgehead atoms. The highest BCUT2D eigenvalue weighted by molar-refractivity contribution is 6.04. The molecule has 0 atom stereocenters. The van der Waals surface area contributed by atoms with E-state index in [0.29, 0.717) is 11.5 Å². The number of hydrogen-bond donors (Lipinski definition) is 0. The third kappa shape index (κ3) is 3.51. The number of rotatable bonds is 4. The van der Waals surface area contributed by atoms with E-state index in [1.807, 2.05) is 69.3 Å². The number of oxazole rings is 1. The lowest BCUT2D eigenvalue weighted by atomic mass is 10.0. The molecule has 28 heavy (non-hydrogen) atoms. The van der Waals surface area contributed by atoms with Gasteiger partial charge in [-0.25, -0.2) is 14.8 Å². The summed E-state index contributed by atoms with van der Waals surface area (Å²) in [5.41, 5.74) is 4.86. The second-order valence-corrected chi connectivity index (χ2v) is 6.76. The molecular weight excluding hydrogens is 352 g/mol. The predicted octanol–water partition coefficient (Wildman–Crippen LogP) is 5.17. The number of carbonyl (C=O) groups excluding carboxylic acids is 1. The molecule has 140 valence electrons. The summed E-state index contributed by atoms with van der Waals surface area (Å²) in [6, 6.07) is 17.4. The van der Waals surface area contributed by atoms with Gasteiger partial charge in [0.2, 0.25) is 5.89 Å². The van der Waals surface area contributed by atoms with Gasteiger partial charge in [0.15, 0.2) is 6.61 Å². The molecule has 0 N–H and O–H groups in total. The molecule has 0 spiro atoms. The van der Waals surface area contributed by atoms with Crippen molar-refractivity contribution in [2.24, 2.45) is 0 Å². The van der Waals surface area contributed by atoms with Crippen molar-refractivity contribution in [2.75, 3.05) is 0 Å². The van der Waals surface area contributed by atoms with E-state index >= 15 is 0 Å². The fourth-order valence-corrected chi connectivity index (χ4v) is 3.02. The maximum atomic E-state index is 12.8. The number of aromatic nitrogens is 2. The van der Waals surface area contributed by atoms with Crippen LogP contribution < -0.4 is 0 Å². The van der Waals surface area contributed by atoms with E-state index in [-0.39, 0.29) is 6.61 Å². The molecule has 5 heteroatoms. The lowest BCUT2D eigenvalue weighted by Gasteiger charge is -2.10. The summed E-state index contributed by atoms with van der Waals surface area (Å²) in [6.45, 7) is 5.71. The highest BCUT2D eigenvalue weighted by Crippen LogP contribution is 2.26. The summed E-state index contributed by atoms with van der Waals surface area (Å²) in [7, 11) is 0. The molecule has 0 amide bonds. The minimum atomic E-state index is -0.430. The van der Waals surface area contributed by atoms with E-state index in [1.165, 1.54) is 5.56 Å². The van der Waals surface area contributed by atoms with Crippen molar-refractivity contribution in [2.45, 2.75) is 27.4 Å². The first-order valence-corrected chi connectivity index (χ1v) is 9.08. The molecule has 0 saturated heterocycles. The molecule has 4 aromatic rings. The van der Waals surface area contributed by atoms with E-state index < -0.39 is 5.97 Å². The molecular formula is C23H20N2O3. The molecule has 2 aromatic heterocycles. The van der Waals surface area contributed by atoms with Crippen LogP contribution in [0.5, 0.6) is 0 Å². The number of carbonyl (C=O) groups is 1. The Hall–Kier alpha value is -3.47. The molecule has 2 heterocycles. The van der Waals surface area contributed by atoms with Crippen LogP contribution in [0.2, 0.25) is 0 Å². The van der Waals surface area contributed by atoms with Crippen LogP contribution in [0.1, 0.15) is 33.3 Å². The Labute approximate surface area is 163 Å². The van der Waals surface area contributed by atoms with Crippen LogP contribution in [0.15, 0.2) is 59.0 Å². The molecule has 5 nitrogen and oxygen atoms in total. The summed E-state index contributed by atoms with van der Waals surface area (Å²) in [4.78, 5) is 21.8. The van der Waals surface area contributed by atoms with Crippen LogP contribution in [0.25, 0.3) is 22.2 Å². The second-order valence-electron chi connectivity index (χ2n) is 6.76. The largest absolute Gasteiger partial charge is 0.452 e. The summed E-state index contributed by atoms with van der Waals surface area (Å²) in [5.74, 6) is 0.683. The number of benzene rings is 2. The average Bonchev–Trinajstić information content (AvgIpc) is 3.03. The van der Waals surface area contributed by atoms with E-state index in [4.69, 9.17) is 14.1 Å². The van der Waals surface area contributed by atoms with Crippen LogP contribution in [0.4, 0.5) is 0 Å². The Bertz CT molecular complexity index is 1140. The van der Waals surface area contributed by atoms with Gasteiger partial charge in [0.1, 0.15) is 5.76 Å². The monoisotopic (exact) mass is 372 g/mol. The third-order valence-electron chi connectivity index (χ3n) is 4.68. The quantitative estimate of drug-likeness (QED) is 0.462. The number of esters is 1. The van der Waals surface area contributed by atoms with Crippen LogP contribution >= 0.6 is 0 Å². The number of ether oxygens (including phenoxy) is 1. The van der Waals surface area contributed by atoms with E-state index in [2.05, 4.69) is 4.98 Å². The van der Waals surface area contributed by atoms with E-state index in [1.54, 1.807) is 6.07 Å². The van der Waals surface area contributed by atoms with Crippen molar-refractivity contribution in [3.8, 4) is 11.3 Å². The van der Waals surface area contributed by atoms with Crippen molar-refractivity contribution in [1.82, 2.24) is 9.97 Å². The molecule has 0 aliphatic carbocycles. The van der Waals surface area contributed by atoms with Gasteiger partial charge in [-0.05, 0) is 32.9 Å². The van der Waals surface area contributed by atoms with Gasteiger partial charge in [-0.2, -0.15) is 0 Å². The van der Waals surface area contributed by atoms with Crippen molar-refractivity contribution < 1.29 is 13.9 Å². The Kier molecular flexibility index (Phi) is 4.65. The lowest BCUT2D eigenvalue weighted by molar-refractivity contribution is 0.0439. The number of nitrogens with zero attached hydrogens (tertiary/aromatic N) is 2. The summed E-state index contributed by atoms with van der Waals surface area (Å²) in [5, 5.41) is 0.753. The van der Waals surface area contributed by atoms with Gasteiger partial charge in [-0.15, -0.1) is 0 Å². The molecule has 0 aliphatic heterocycles. The van der Waals surface area contributed by atoms with Crippen LogP contribution in [0, 0.1) is 20.8 Å². The number of fused-ring (bicyclic) bond motifs is 1. The van der Waals surface area contributed by atoms with Gasteiger partial charge in [0.25, 0.3) is 0 Å². The summed E-state index contributed by atoms with van der Waals surface area (Å²) in [6.07, 6.45) is 0. The van der Waals surface area contributed by atoms with Crippen molar-refractivity contribution in [1.29, 1.82) is 0 Å². The normalized spacial score (nSPS) is 11.0. The zero-order valence-corrected chi connectivity index (χ0v) is 16.0. The van der Waals surface area contributed by atoms with Gasteiger partial charge in [0, 0.05) is 10.9 Å². The first-order valence-electron chi connectivity index (χ1n) is 9.08. The van der Waals surface area contributed by atoms with Crippen LogP contribution in [0.3, 0.4) is 0 Å². The Morgan fingerprint density at radius 3 is 2.46 bits per heavy atom. The smallest absolute Gasteiger partial charge is 0.339 e. The SMILES string of the molecule is Cc1ccc(-c2cc(C(=O)OCc3nc(C)c(C)o3)c3ccccc3n2)cc1. The standard InChI is InChI=1S/C23H20N2O3/c1-14-8-10-17(11-9-14)21-12-19(18-6-4-5-7-20(18)25-21)23(26)27-13-22-24-15(2)16(3)28-22/h4-12H,13H2,1-3H3. The first kappa shape index (κ1) is 17.9. The third-order valence-corrected chi connectivity index (χ3v) is 4.68. The Balaban J connectivity index is 1.70. The van der Waals surface area contributed by atoms with Crippen LogP contribution in [-0.4, -0.2) is 15.9 Å². The lowest BCUT2D eigenvalue weighted by Crippen LogP contribution is -2.07. The number of para-hydroxylation sites is 1. The first-order chi connectivity index (χ1) is 13.5. The molecule has 2 aromatic carbocycles. The van der Waals surface area contributed by atoms with Crippen LogP contribution in [-0.2, 0) is 11.3 Å². The minimum Gasteiger partial charge on any atom is -0.452 e. The van der Waals surface area contributed by atoms with Gasteiger partial charge in [0.05, 0.1) is 22.5 Å². The highest BCUT2D eigenvalue weighted by atomic mass is 16.5. The maximum absolute atomic E-state index is 12.8. The zero-order valence-electron chi connectivity index (χ0n) is 16.0. The van der Waals surface area contributed by atoms with Gasteiger partial charge >= 0.3 is 5.97 Å². The fraction of sp³-hybridized carbons (Fsp3) is 0.174. The van der Waals surface area contributed by atoms with Gasteiger partial charge in [-0.1, -0.05) is 48.0 Å². The van der Waals surface area contributed by atoms with Crippen molar-refractivity contribution in [3.05, 3.63) is 83.1 Å². The van der Waals surface area contributed by atoms with E-state index in [0.717, 1.165) is 33.6 Å². The Morgan fingerprint density at radius 1 is 1.00 bits per heavy atom. The number of hydrogen-bond acceptors (Lipinski definition) is 5. The fourth-order valence-electron chi connectivity index (χ4n) is 3.02. The minimum absolute atomic E-state index is 0.00989. The number of aryl methyl sites for hydroxylation is 3. The summed E-state index contributed by atoms with van der Waals surface area (Å²) >= 11 is 0. The maximum Gasteiger partial charge on any atom is 0.339 e. The Morgan fingerprint density at radius 2 is 1.75 bits per heavy atom. The topological polar surface area (TPSA) is 65.2 Å². The molecule has 0 fully saturated rings. The molecule has 0 saturated carbocycles. The molecule has 4 rings (SSSR count). The summed E-state index contributed by atoms with van der Waals surface area (Å²) < 4.78 is 11.0.